The summed E-state index contributed by atoms with van der Waals surface area (Å²) in [6.45, 7) is 0. The fraction of sp³-hybridized carbons (Fsp3) is 0.333. The molecule has 0 saturated carbocycles. The van der Waals surface area contributed by atoms with Gasteiger partial charge < -0.3 is 4.90 Å². The number of fused-ring (bicyclic) bond motifs is 1. The summed E-state index contributed by atoms with van der Waals surface area (Å²) >= 11 is 0. The summed E-state index contributed by atoms with van der Waals surface area (Å²) < 4.78 is 0. The van der Waals surface area contributed by atoms with Crippen LogP contribution in [0, 0.1) is 0 Å². The molecule has 3 nitrogen and oxygen atoms in total. The van der Waals surface area contributed by atoms with Crippen molar-refractivity contribution < 1.29 is 4.79 Å². The fourth-order valence-electron chi connectivity index (χ4n) is 2.97. The summed E-state index contributed by atoms with van der Waals surface area (Å²) in [7, 11) is 3.63. The van der Waals surface area contributed by atoms with Crippen molar-refractivity contribution in [1.82, 2.24) is 9.88 Å². The van der Waals surface area contributed by atoms with Crippen LogP contribution in [0.3, 0.4) is 0 Å². The van der Waals surface area contributed by atoms with Crippen LogP contribution in [0.15, 0.2) is 42.5 Å². The SMILES string of the molecule is CN(C)C(=O)C1CCCc2ccc(-c3ccccc3)nc21. The molecule has 3 rings (SSSR count). The van der Waals surface area contributed by atoms with Gasteiger partial charge in [-0.1, -0.05) is 36.4 Å². The molecule has 0 fully saturated rings. The summed E-state index contributed by atoms with van der Waals surface area (Å²) in [6, 6.07) is 14.3. The first kappa shape index (κ1) is 13.8. The molecule has 1 aliphatic carbocycles. The highest BCUT2D eigenvalue weighted by Gasteiger charge is 2.29. The van der Waals surface area contributed by atoms with Crippen LogP contribution in [0.4, 0.5) is 0 Å². The summed E-state index contributed by atoms with van der Waals surface area (Å²) in [4.78, 5) is 18.9. The van der Waals surface area contributed by atoms with Gasteiger partial charge in [-0.25, -0.2) is 0 Å². The van der Waals surface area contributed by atoms with Crippen LogP contribution in [0.2, 0.25) is 0 Å². The monoisotopic (exact) mass is 280 g/mol. The number of carbonyl (C=O) groups is 1. The zero-order chi connectivity index (χ0) is 14.8. The Labute approximate surface area is 125 Å². The Morgan fingerprint density at radius 1 is 1.14 bits per heavy atom. The Bertz CT molecular complexity index is 650. The Morgan fingerprint density at radius 3 is 2.62 bits per heavy atom. The Hall–Kier alpha value is -2.16. The van der Waals surface area contributed by atoms with Crippen molar-refractivity contribution >= 4 is 5.91 Å². The first-order valence-electron chi connectivity index (χ1n) is 7.43. The van der Waals surface area contributed by atoms with Crippen LogP contribution in [-0.2, 0) is 11.2 Å². The van der Waals surface area contributed by atoms with E-state index in [1.165, 1.54) is 5.56 Å². The number of rotatable bonds is 2. The van der Waals surface area contributed by atoms with E-state index < -0.39 is 0 Å². The lowest BCUT2D eigenvalue weighted by Crippen LogP contribution is -2.31. The highest BCUT2D eigenvalue weighted by atomic mass is 16.2. The Kier molecular flexibility index (Phi) is 3.74. The molecular weight excluding hydrogens is 260 g/mol. The number of carbonyl (C=O) groups excluding carboxylic acids is 1. The number of aryl methyl sites for hydroxylation is 1. The third kappa shape index (κ3) is 2.68. The maximum Gasteiger partial charge on any atom is 0.231 e. The first-order valence-corrected chi connectivity index (χ1v) is 7.43. The lowest BCUT2D eigenvalue weighted by atomic mass is 9.85. The van der Waals surface area contributed by atoms with Crippen LogP contribution in [0.1, 0.15) is 30.0 Å². The van der Waals surface area contributed by atoms with Gasteiger partial charge in [-0.15, -0.1) is 0 Å². The Morgan fingerprint density at radius 2 is 1.90 bits per heavy atom. The van der Waals surface area contributed by atoms with Crippen molar-refractivity contribution in [3.8, 4) is 11.3 Å². The summed E-state index contributed by atoms with van der Waals surface area (Å²) in [5.74, 6) is 0.0704. The van der Waals surface area contributed by atoms with Gasteiger partial charge in [0.1, 0.15) is 0 Å². The number of benzene rings is 1. The molecule has 2 aromatic rings. The topological polar surface area (TPSA) is 33.2 Å². The van der Waals surface area contributed by atoms with Gasteiger partial charge in [0.2, 0.25) is 5.91 Å². The van der Waals surface area contributed by atoms with Gasteiger partial charge in [-0.3, -0.25) is 9.78 Å². The predicted molar refractivity (Wildman–Crippen MR) is 84.0 cm³/mol. The van der Waals surface area contributed by atoms with Crippen LogP contribution < -0.4 is 0 Å². The van der Waals surface area contributed by atoms with Crippen molar-refractivity contribution in [2.24, 2.45) is 0 Å². The van der Waals surface area contributed by atoms with Gasteiger partial charge in [0.25, 0.3) is 0 Å². The lowest BCUT2D eigenvalue weighted by Gasteiger charge is -2.26. The van der Waals surface area contributed by atoms with Gasteiger partial charge in [-0.2, -0.15) is 0 Å². The molecule has 0 radical (unpaired) electrons. The van der Waals surface area contributed by atoms with Gasteiger partial charge in [0.05, 0.1) is 17.3 Å². The van der Waals surface area contributed by atoms with E-state index in [0.717, 1.165) is 36.2 Å². The molecule has 21 heavy (non-hydrogen) atoms. The molecule has 108 valence electrons. The van der Waals surface area contributed by atoms with Gasteiger partial charge in [0, 0.05) is 19.7 Å². The largest absolute Gasteiger partial charge is 0.348 e. The van der Waals surface area contributed by atoms with Crippen LogP contribution in [0.25, 0.3) is 11.3 Å². The third-order valence-corrected chi connectivity index (χ3v) is 4.09. The highest BCUT2D eigenvalue weighted by Crippen LogP contribution is 2.33. The number of aromatic nitrogens is 1. The van der Waals surface area contributed by atoms with E-state index in [2.05, 4.69) is 24.3 Å². The number of pyridine rings is 1. The number of likely N-dealkylation sites (N-methyl/N-ethyl adjacent to an activating group) is 1. The average Bonchev–Trinajstić information content (AvgIpc) is 2.54. The summed E-state index contributed by atoms with van der Waals surface area (Å²) in [6.07, 6.45) is 2.98. The van der Waals surface area contributed by atoms with E-state index in [-0.39, 0.29) is 11.8 Å². The first-order chi connectivity index (χ1) is 10.2. The van der Waals surface area contributed by atoms with E-state index in [0.29, 0.717) is 0 Å². The molecule has 1 heterocycles. The molecule has 0 bridgehead atoms. The minimum Gasteiger partial charge on any atom is -0.348 e. The second-order valence-electron chi connectivity index (χ2n) is 5.78. The molecule has 3 heteroatoms. The molecule has 1 aromatic heterocycles. The van der Waals surface area contributed by atoms with Crippen molar-refractivity contribution in [1.29, 1.82) is 0 Å². The normalized spacial score (nSPS) is 17.1. The zero-order valence-electron chi connectivity index (χ0n) is 12.5. The van der Waals surface area contributed by atoms with Crippen LogP contribution >= 0.6 is 0 Å². The van der Waals surface area contributed by atoms with Gasteiger partial charge >= 0.3 is 0 Å². The number of hydrogen-bond acceptors (Lipinski definition) is 2. The number of nitrogens with zero attached hydrogens (tertiary/aromatic N) is 2. The zero-order valence-corrected chi connectivity index (χ0v) is 12.5. The third-order valence-electron chi connectivity index (χ3n) is 4.09. The molecule has 1 amide bonds. The molecule has 1 unspecified atom stereocenters. The van der Waals surface area contributed by atoms with E-state index in [4.69, 9.17) is 4.98 Å². The smallest absolute Gasteiger partial charge is 0.231 e. The van der Waals surface area contributed by atoms with Crippen molar-refractivity contribution in [3.63, 3.8) is 0 Å². The standard InChI is InChI=1S/C18H20N2O/c1-20(2)18(21)15-10-6-9-14-11-12-16(19-17(14)15)13-7-4-3-5-8-13/h3-5,7-8,11-12,15H,6,9-10H2,1-2H3. The Balaban J connectivity index is 2.03. The van der Waals surface area contributed by atoms with Crippen LogP contribution in [0.5, 0.6) is 0 Å². The van der Waals surface area contributed by atoms with Crippen molar-refractivity contribution in [3.05, 3.63) is 53.7 Å². The molecule has 1 aromatic carbocycles. The predicted octanol–water partition coefficient (Wildman–Crippen LogP) is 3.26. The number of hydrogen-bond donors (Lipinski definition) is 0. The van der Waals surface area contributed by atoms with E-state index >= 15 is 0 Å². The fourth-order valence-corrected chi connectivity index (χ4v) is 2.97. The molecule has 0 spiro atoms. The molecule has 0 aliphatic heterocycles. The molecule has 0 saturated heterocycles. The average molecular weight is 280 g/mol. The number of amides is 1. The van der Waals surface area contributed by atoms with Gasteiger partial charge in [-0.05, 0) is 30.9 Å². The van der Waals surface area contributed by atoms with Crippen LogP contribution in [-0.4, -0.2) is 29.9 Å². The summed E-state index contributed by atoms with van der Waals surface area (Å²) in [5.41, 5.74) is 4.25. The van der Waals surface area contributed by atoms with E-state index in [9.17, 15) is 4.79 Å². The second kappa shape index (κ2) is 5.68. The van der Waals surface area contributed by atoms with Crippen molar-refractivity contribution in [2.45, 2.75) is 25.2 Å². The van der Waals surface area contributed by atoms with E-state index in [1.807, 2.05) is 32.3 Å². The second-order valence-corrected chi connectivity index (χ2v) is 5.78. The summed E-state index contributed by atoms with van der Waals surface area (Å²) in [5, 5.41) is 0. The maximum atomic E-state index is 12.4. The quantitative estimate of drug-likeness (QED) is 0.846. The molecule has 0 N–H and O–H groups in total. The van der Waals surface area contributed by atoms with Gasteiger partial charge in [0.15, 0.2) is 0 Å². The maximum absolute atomic E-state index is 12.4. The molecule has 1 atom stereocenters. The van der Waals surface area contributed by atoms with E-state index in [1.54, 1.807) is 4.90 Å². The minimum absolute atomic E-state index is 0.0904. The molecule has 1 aliphatic rings. The highest BCUT2D eigenvalue weighted by molar-refractivity contribution is 5.83. The van der Waals surface area contributed by atoms with Crippen molar-refractivity contribution in [2.75, 3.05) is 14.1 Å². The lowest BCUT2D eigenvalue weighted by molar-refractivity contribution is -0.130. The molecular formula is C18H20N2O. The minimum atomic E-state index is -0.0904.